The molecule has 0 saturated carbocycles. The van der Waals surface area contributed by atoms with E-state index in [0.29, 0.717) is 43.1 Å². The van der Waals surface area contributed by atoms with Crippen LogP contribution < -0.4 is 10.5 Å². The molecule has 1 aromatic carbocycles. The molecule has 6 heteroatoms. The van der Waals surface area contributed by atoms with Crippen molar-refractivity contribution in [1.82, 2.24) is 4.90 Å². The fourth-order valence-corrected chi connectivity index (χ4v) is 2.70. The van der Waals surface area contributed by atoms with Crippen molar-refractivity contribution in [2.75, 3.05) is 13.1 Å². The predicted octanol–water partition coefficient (Wildman–Crippen LogP) is 2.22. The molecule has 1 atom stereocenters. The van der Waals surface area contributed by atoms with Gasteiger partial charge in [-0.2, -0.15) is 0 Å². The number of nitrogens with zero attached hydrogens (tertiary/aromatic N) is 1. The lowest BCUT2D eigenvalue weighted by Gasteiger charge is -2.33. The third-order valence-electron chi connectivity index (χ3n) is 3.95. The summed E-state index contributed by atoms with van der Waals surface area (Å²) in [6.45, 7) is 3.01. The Morgan fingerprint density at radius 2 is 1.91 bits per heavy atom. The van der Waals surface area contributed by atoms with Crippen LogP contribution >= 0.6 is 11.6 Å². The van der Waals surface area contributed by atoms with Gasteiger partial charge < -0.3 is 15.4 Å². The lowest BCUT2D eigenvalue weighted by Crippen LogP contribution is -2.47. The van der Waals surface area contributed by atoms with Gasteiger partial charge in [0.2, 0.25) is 5.91 Å². The second kappa shape index (κ2) is 7.49. The van der Waals surface area contributed by atoms with Crippen LogP contribution in [0.2, 0.25) is 5.02 Å². The van der Waals surface area contributed by atoms with E-state index in [-0.39, 0.29) is 17.7 Å². The zero-order valence-electron chi connectivity index (χ0n) is 12.6. The molecule has 120 valence electrons. The number of halogens is 1. The minimum Gasteiger partial charge on any atom is -0.481 e. The lowest BCUT2D eigenvalue weighted by molar-refractivity contribution is -0.141. The van der Waals surface area contributed by atoms with E-state index in [1.54, 1.807) is 29.2 Å². The summed E-state index contributed by atoms with van der Waals surface area (Å²) in [6, 6.07) is 6.95. The molecular weight excluding hydrogens is 304 g/mol. The van der Waals surface area contributed by atoms with Crippen LogP contribution in [0, 0.1) is 5.92 Å². The van der Waals surface area contributed by atoms with Crippen LogP contribution in [0.3, 0.4) is 0 Å². The van der Waals surface area contributed by atoms with Crippen LogP contribution in [0.1, 0.15) is 26.2 Å². The first-order valence-electron chi connectivity index (χ1n) is 7.51. The highest BCUT2D eigenvalue weighted by molar-refractivity contribution is 6.30. The fraction of sp³-hybridized carbons (Fsp3) is 0.500. The number of likely N-dealkylation sites (tertiary alicyclic amines) is 1. The number of ether oxygens (including phenoxy) is 1. The third-order valence-corrected chi connectivity index (χ3v) is 4.20. The van der Waals surface area contributed by atoms with Gasteiger partial charge in [-0.15, -0.1) is 0 Å². The molecule has 1 saturated heterocycles. The molecule has 2 amide bonds. The minimum absolute atomic E-state index is 0.0413. The van der Waals surface area contributed by atoms with Gasteiger partial charge in [0.15, 0.2) is 6.10 Å². The van der Waals surface area contributed by atoms with E-state index in [2.05, 4.69) is 0 Å². The van der Waals surface area contributed by atoms with Gasteiger partial charge in [0.25, 0.3) is 5.91 Å². The molecule has 5 nitrogen and oxygen atoms in total. The van der Waals surface area contributed by atoms with Crippen molar-refractivity contribution in [3.63, 3.8) is 0 Å². The Kier molecular flexibility index (Phi) is 5.66. The monoisotopic (exact) mass is 324 g/mol. The molecule has 1 heterocycles. The maximum atomic E-state index is 12.5. The average Bonchev–Trinajstić information content (AvgIpc) is 2.53. The molecule has 22 heavy (non-hydrogen) atoms. The van der Waals surface area contributed by atoms with Gasteiger partial charge in [0.1, 0.15) is 5.75 Å². The van der Waals surface area contributed by atoms with Gasteiger partial charge >= 0.3 is 0 Å². The SMILES string of the molecule is CC[C@@H](Oc1ccc(Cl)cc1)C(=O)N1CCC(C(N)=O)CC1. The number of hydrogen-bond acceptors (Lipinski definition) is 3. The van der Waals surface area contributed by atoms with E-state index in [1.807, 2.05) is 6.92 Å². The van der Waals surface area contributed by atoms with Crippen molar-refractivity contribution in [2.24, 2.45) is 11.7 Å². The summed E-state index contributed by atoms with van der Waals surface area (Å²) in [5.41, 5.74) is 5.31. The summed E-state index contributed by atoms with van der Waals surface area (Å²) in [4.78, 5) is 25.5. The normalized spacial score (nSPS) is 17.1. The van der Waals surface area contributed by atoms with Gasteiger partial charge in [-0.05, 0) is 43.5 Å². The van der Waals surface area contributed by atoms with Crippen LogP contribution in [0.4, 0.5) is 0 Å². The second-order valence-electron chi connectivity index (χ2n) is 5.47. The fourth-order valence-electron chi connectivity index (χ4n) is 2.57. The van der Waals surface area contributed by atoms with E-state index >= 15 is 0 Å². The molecule has 1 fully saturated rings. The largest absolute Gasteiger partial charge is 0.481 e. The van der Waals surface area contributed by atoms with E-state index in [1.165, 1.54) is 0 Å². The van der Waals surface area contributed by atoms with Gasteiger partial charge in [-0.25, -0.2) is 0 Å². The maximum Gasteiger partial charge on any atom is 0.263 e. The van der Waals surface area contributed by atoms with Gasteiger partial charge in [-0.3, -0.25) is 9.59 Å². The Labute approximate surface area is 135 Å². The lowest BCUT2D eigenvalue weighted by atomic mass is 9.96. The first-order chi connectivity index (χ1) is 10.5. The number of carbonyl (C=O) groups excluding carboxylic acids is 2. The van der Waals surface area contributed by atoms with Crippen LogP contribution in [0.25, 0.3) is 0 Å². The summed E-state index contributed by atoms with van der Waals surface area (Å²) < 4.78 is 5.77. The third kappa shape index (κ3) is 4.13. The Balaban J connectivity index is 1.94. The van der Waals surface area contributed by atoms with Gasteiger partial charge in [0, 0.05) is 24.0 Å². The van der Waals surface area contributed by atoms with Crippen LogP contribution in [-0.4, -0.2) is 35.9 Å². The molecule has 0 radical (unpaired) electrons. The topological polar surface area (TPSA) is 72.6 Å². The standard InChI is InChI=1S/C16H21ClN2O3/c1-2-14(22-13-5-3-12(17)4-6-13)16(21)19-9-7-11(8-10-19)15(18)20/h3-6,11,14H,2,7-10H2,1H3,(H2,18,20)/t14-/m1/s1. The van der Waals surface area contributed by atoms with Crippen molar-refractivity contribution in [3.8, 4) is 5.75 Å². The summed E-state index contributed by atoms with van der Waals surface area (Å²) >= 11 is 5.84. The Bertz CT molecular complexity index is 525. The highest BCUT2D eigenvalue weighted by atomic mass is 35.5. The number of nitrogens with two attached hydrogens (primary N) is 1. The molecule has 1 aliphatic rings. The van der Waals surface area contributed by atoms with Crippen molar-refractivity contribution in [3.05, 3.63) is 29.3 Å². The molecule has 1 aliphatic heterocycles. The zero-order valence-corrected chi connectivity index (χ0v) is 13.4. The van der Waals surface area contributed by atoms with Crippen molar-refractivity contribution < 1.29 is 14.3 Å². The first kappa shape index (κ1) is 16.6. The molecular formula is C16H21ClN2O3. The molecule has 0 aromatic heterocycles. The molecule has 0 aliphatic carbocycles. The van der Waals surface area contributed by atoms with Gasteiger partial charge in [0.05, 0.1) is 0 Å². The van der Waals surface area contributed by atoms with Crippen LogP contribution in [-0.2, 0) is 9.59 Å². The summed E-state index contributed by atoms with van der Waals surface area (Å²) in [6.07, 6.45) is 1.31. The van der Waals surface area contributed by atoms with Crippen LogP contribution in [0.5, 0.6) is 5.75 Å². The average molecular weight is 325 g/mol. The van der Waals surface area contributed by atoms with Crippen molar-refractivity contribution in [2.45, 2.75) is 32.3 Å². The summed E-state index contributed by atoms with van der Waals surface area (Å²) in [5.74, 6) is 0.176. The van der Waals surface area contributed by atoms with Crippen LogP contribution in [0.15, 0.2) is 24.3 Å². The number of rotatable bonds is 5. The Morgan fingerprint density at radius 3 is 2.41 bits per heavy atom. The molecule has 0 bridgehead atoms. The van der Waals surface area contributed by atoms with E-state index < -0.39 is 6.10 Å². The quantitative estimate of drug-likeness (QED) is 0.902. The molecule has 2 rings (SSSR count). The van der Waals surface area contributed by atoms with Crippen molar-refractivity contribution in [1.29, 1.82) is 0 Å². The number of carbonyl (C=O) groups is 2. The van der Waals surface area contributed by atoms with Gasteiger partial charge in [-0.1, -0.05) is 18.5 Å². The minimum atomic E-state index is -0.522. The highest BCUT2D eigenvalue weighted by Gasteiger charge is 2.30. The van der Waals surface area contributed by atoms with E-state index in [0.717, 1.165) is 0 Å². The smallest absolute Gasteiger partial charge is 0.263 e. The summed E-state index contributed by atoms with van der Waals surface area (Å²) in [7, 11) is 0. The number of piperidine rings is 1. The zero-order chi connectivity index (χ0) is 16.1. The highest BCUT2D eigenvalue weighted by Crippen LogP contribution is 2.21. The number of primary amides is 1. The Morgan fingerprint density at radius 1 is 1.32 bits per heavy atom. The second-order valence-corrected chi connectivity index (χ2v) is 5.91. The summed E-state index contributed by atoms with van der Waals surface area (Å²) in [5, 5.41) is 0.625. The molecule has 2 N–H and O–H groups in total. The van der Waals surface area contributed by atoms with E-state index in [9.17, 15) is 9.59 Å². The maximum absolute atomic E-state index is 12.5. The first-order valence-corrected chi connectivity index (χ1v) is 7.89. The number of amides is 2. The number of hydrogen-bond donors (Lipinski definition) is 1. The Hall–Kier alpha value is -1.75. The van der Waals surface area contributed by atoms with E-state index in [4.69, 9.17) is 22.1 Å². The molecule has 0 unspecified atom stereocenters. The predicted molar refractivity (Wildman–Crippen MR) is 84.7 cm³/mol. The number of benzene rings is 1. The van der Waals surface area contributed by atoms with Crippen molar-refractivity contribution >= 4 is 23.4 Å². The molecule has 0 spiro atoms. The molecule has 1 aromatic rings.